The first-order valence-electron chi connectivity index (χ1n) is 12.0. The lowest BCUT2D eigenvalue weighted by Crippen LogP contribution is -2.57. The molecule has 0 saturated carbocycles. The third-order valence-electron chi connectivity index (χ3n) is 8.07. The van der Waals surface area contributed by atoms with Crippen molar-refractivity contribution in [2.24, 2.45) is 17.8 Å². The van der Waals surface area contributed by atoms with Gasteiger partial charge in [-0.2, -0.15) is 0 Å². The number of carboxylic acid groups (broad SMARTS) is 1. The first kappa shape index (κ1) is 24.8. The molecule has 0 aromatic heterocycles. The number of aliphatic carboxylic acids is 1. The second-order valence-corrected chi connectivity index (χ2v) is 10.5. The number of piperidine rings is 1. The molecule has 3 rings (SSSR count). The second kappa shape index (κ2) is 10.0. The summed E-state index contributed by atoms with van der Waals surface area (Å²) in [5.41, 5.74) is 2.53. The molecule has 1 fully saturated rings. The summed E-state index contributed by atoms with van der Waals surface area (Å²) in [6, 6.07) is 4.65. The maximum absolute atomic E-state index is 11.5. The lowest BCUT2D eigenvalue weighted by molar-refractivity contribution is -0.138. The molecule has 2 aliphatic heterocycles. The van der Waals surface area contributed by atoms with Gasteiger partial charge in [-0.3, -0.25) is 9.69 Å². The average molecular weight is 447 g/mol. The Kier molecular flexibility index (Phi) is 7.77. The third kappa shape index (κ3) is 4.91. The topological polar surface area (TPSA) is 62.2 Å². The van der Waals surface area contributed by atoms with Crippen LogP contribution in [0.15, 0.2) is 12.1 Å². The van der Waals surface area contributed by atoms with E-state index in [1.54, 1.807) is 14.2 Å². The van der Waals surface area contributed by atoms with Gasteiger partial charge in [0.25, 0.3) is 0 Å². The normalized spacial score (nSPS) is 25.2. The summed E-state index contributed by atoms with van der Waals surface area (Å²) in [5, 5.41) is 9.44. The van der Waals surface area contributed by atoms with Gasteiger partial charge < -0.3 is 19.5 Å². The van der Waals surface area contributed by atoms with Crippen LogP contribution >= 0.6 is 0 Å². The molecule has 2 aliphatic rings. The van der Waals surface area contributed by atoms with Crippen LogP contribution in [-0.4, -0.2) is 67.8 Å². The van der Waals surface area contributed by atoms with E-state index in [1.165, 1.54) is 17.5 Å². The van der Waals surface area contributed by atoms with E-state index in [0.29, 0.717) is 30.2 Å². The Morgan fingerprint density at radius 2 is 1.91 bits per heavy atom. The maximum Gasteiger partial charge on any atom is 0.303 e. The molecule has 1 N–H and O–H groups in total. The highest BCUT2D eigenvalue weighted by Crippen LogP contribution is 2.50. The quantitative estimate of drug-likeness (QED) is 0.604. The van der Waals surface area contributed by atoms with Crippen LogP contribution in [-0.2, 0) is 11.2 Å². The lowest BCUT2D eigenvalue weighted by Gasteiger charge is -2.55. The monoisotopic (exact) mass is 446 g/mol. The molecule has 6 nitrogen and oxygen atoms in total. The fraction of sp³-hybridized carbons (Fsp3) is 0.731. The molecule has 1 saturated heterocycles. The van der Waals surface area contributed by atoms with Gasteiger partial charge in [-0.05, 0) is 87.7 Å². The van der Waals surface area contributed by atoms with Gasteiger partial charge >= 0.3 is 5.97 Å². The number of ether oxygens (including phenoxy) is 2. The van der Waals surface area contributed by atoms with E-state index in [1.807, 2.05) is 0 Å². The first-order chi connectivity index (χ1) is 15.1. The van der Waals surface area contributed by atoms with E-state index in [4.69, 9.17) is 9.47 Å². The second-order valence-electron chi connectivity index (χ2n) is 10.5. The minimum atomic E-state index is -0.712. The highest BCUT2D eigenvalue weighted by atomic mass is 16.5. The van der Waals surface area contributed by atoms with Crippen molar-refractivity contribution in [1.29, 1.82) is 0 Å². The predicted molar refractivity (Wildman–Crippen MR) is 128 cm³/mol. The van der Waals surface area contributed by atoms with Gasteiger partial charge in [-0.15, -0.1) is 0 Å². The minimum absolute atomic E-state index is 0.168. The standard InChI is InChI=1S/C26H42N2O4/c1-17(2)12-19-16-28-11-9-18-13-23(31-6)24(32-7)14-20(18)22(28)15-21(19)26(3,27(4)5)10-8-25(29)30/h13-14,17,19,21-22H,8-12,15-16H2,1-7H3,(H,29,30)/t19-,21-,22-,26?/m1/s1. The third-order valence-corrected chi connectivity index (χ3v) is 8.07. The Morgan fingerprint density at radius 3 is 2.47 bits per heavy atom. The Morgan fingerprint density at radius 1 is 1.25 bits per heavy atom. The van der Waals surface area contributed by atoms with Crippen LogP contribution in [0.25, 0.3) is 0 Å². The lowest BCUT2D eigenvalue weighted by atomic mass is 9.64. The van der Waals surface area contributed by atoms with Crippen molar-refractivity contribution in [3.63, 3.8) is 0 Å². The fourth-order valence-electron chi connectivity index (χ4n) is 6.14. The number of rotatable bonds is 9. The molecular formula is C26H42N2O4. The summed E-state index contributed by atoms with van der Waals surface area (Å²) in [5.74, 6) is 2.45. The smallest absolute Gasteiger partial charge is 0.303 e. The summed E-state index contributed by atoms with van der Waals surface area (Å²) >= 11 is 0. The largest absolute Gasteiger partial charge is 0.493 e. The molecule has 0 radical (unpaired) electrons. The van der Waals surface area contributed by atoms with Crippen LogP contribution in [0.5, 0.6) is 11.5 Å². The molecule has 6 heteroatoms. The minimum Gasteiger partial charge on any atom is -0.493 e. The van der Waals surface area contributed by atoms with E-state index < -0.39 is 5.97 Å². The summed E-state index contributed by atoms with van der Waals surface area (Å²) < 4.78 is 11.2. The van der Waals surface area contributed by atoms with Crippen LogP contribution in [0.4, 0.5) is 0 Å². The van der Waals surface area contributed by atoms with Crippen molar-refractivity contribution in [2.45, 2.75) is 64.5 Å². The molecule has 0 aliphatic carbocycles. The van der Waals surface area contributed by atoms with Crippen LogP contribution in [0, 0.1) is 17.8 Å². The molecule has 180 valence electrons. The number of carbonyl (C=O) groups is 1. The Labute approximate surface area is 193 Å². The molecule has 2 heterocycles. The number of methoxy groups -OCH3 is 2. The molecule has 0 spiro atoms. The first-order valence-corrected chi connectivity index (χ1v) is 12.0. The number of hydrogen-bond acceptors (Lipinski definition) is 5. The van der Waals surface area contributed by atoms with E-state index in [0.717, 1.165) is 37.4 Å². The summed E-state index contributed by atoms with van der Waals surface area (Å²) in [6.45, 7) is 9.01. The van der Waals surface area contributed by atoms with E-state index in [-0.39, 0.29) is 12.0 Å². The molecule has 0 amide bonds. The van der Waals surface area contributed by atoms with Crippen molar-refractivity contribution in [1.82, 2.24) is 9.80 Å². The summed E-state index contributed by atoms with van der Waals surface area (Å²) in [6.07, 6.45) is 4.10. The van der Waals surface area contributed by atoms with Crippen LogP contribution < -0.4 is 9.47 Å². The van der Waals surface area contributed by atoms with Gasteiger partial charge in [-0.25, -0.2) is 0 Å². The Hall–Kier alpha value is -1.79. The van der Waals surface area contributed by atoms with Crippen LogP contribution in [0.3, 0.4) is 0 Å². The van der Waals surface area contributed by atoms with Gasteiger partial charge in [0.05, 0.1) is 14.2 Å². The zero-order chi connectivity index (χ0) is 23.6. The Balaban J connectivity index is 2.00. The average Bonchev–Trinajstić information content (AvgIpc) is 2.75. The SMILES string of the molecule is COc1cc2c(cc1OC)[C@H]1C[C@@H](C(C)(CCC(=O)O)N(C)C)[C@H](CC(C)C)CN1CC2. The summed E-state index contributed by atoms with van der Waals surface area (Å²) in [4.78, 5) is 16.4. The van der Waals surface area contributed by atoms with E-state index in [9.17, 15) is 9.90 Å². The van der Waals surface area contributed by atoms with Gasteiger partial charge in [0.2, 0.25) is 0 Å². The van der Waals surface area contributed by atoms with Crippen molar-refractivity contribution >= 4 is 5.97 Å². The van der Waals surface area contributed by atoms with Crippen molar-refractivity contribution in [2.75, 3.05) is 41.4 Å². The number of nitrogens with zero attached hydrogens (tertiary/aromatic N) is 2. The molecule has 1 aromatic rings. The molecule has 1 unspecified atom stereocenters. The maximum atomic E-state index is 11.5. The van der Waals surface area contributed by atoms with Crippen molar-refractivity contribution in [3.05, 3.63) is 23.3 Å². The zero-order valence-corrected chi connectivity index (χ0v) is 21.0. The van der Waals surface area contributed by atoms with E-state index in [2.05, 4.69) is 56.8 Å². The number of benzene rings is 1. The summed E-state index contributed by atoms with van der Waals surface area (Å²) in [7, 11) is 7.62. The van der Waals surface area contributed by atoms with Gasteiger partial charge in [0.15, 0.2) is 11.5 Å². The molecule has 0 bridgehead atoms. The van der Waals surface area contributed by atoms with Gasteiger partial charge in [0, 0.05) is 31.1 Å². The fourth-order valence-corrected chi connectivity index (χ4v) is 6.14. The highest BCUT2D eigenvalue weighted by molar-refractivity contribution is 5.66. The zero-order valence-electron chi connectivity index (χ0n) is 21.0. The van der Waals surface area contributed by atoms with Crippen LogP contribution in [0.2, 0.25) is 0 Å². The van der Waals surface area contributed by atoms with Gasteiger partial charge in [0.1, 0.15) is 0 Å². The van der Waals surface area contributed by atoms with Crippen molar-refractivity contribution < 1.29 is 19.4 Å². The van der Waals surface area contributed by atoms with Gasteiger partial charge in [-0.1, -0.05) is 13.8 Å². The Bertz CT molecular complexity index is 809. The molecular weight excluding hydrogens is 404 g/mol. The molecule has 1 aromatic carbocycles. The number of carboxylic acids is 1. The predicted octanol–water partition coefficient (Wildman–Crippen LogP) is 4.47. The van der Waals surface area contributed by atoms with E-state index >= 15 is 0 Å². The molecule has 32 heavy (non-hydrogen) atoms. The van der Waals surface area contributed by atoms with Crippen LogP contribution in [0.1, 0.15) is 63.6 Å². The molecule has 4 atom stereocenters. The van der Waals surface area contributed by atoms with Crippen molar-refractivity contribution in [3.8, 4) is 11.5 Å². The highest BCUT2D eigenvalue weighted by Gasteiger charge is 2.47. The number of hydrogen-bond donors (Lipinski definition) is 1. The number of fused-ring (bicyclic) bond motifs is 3.